The second-order valence-electron chi connectivity index (χ2n) is 4.67. The number of ketones is 1. The van der Waals surface area contributed by atoms with Crippen molar-refractivity contribution < 1.29 is 14.3 Å². The van der Waals surface area contributed by atoms with Crippen molar-refractivity contribution in [3.8, 4) is 0 Å². The van der Waals surface area contributed by atoms with Gasteiger partial charge in [-0.15, -0.1) is 0 Å². The number of halogens is 1. The topological polar surface area (TPSA) is 61.2 Å². The van der Waals surface area contributed by atoms with Crippen molar-refractivity contribution in [2.75, 3.05) is 6.61 Å². The Balaban J connectivity index is 2.42. The van der Waals surface area contributed by atoms with Crippen LogP contribution in [-0.2, 0) is 27.8 Å². The molecule has 0 bridgehead atoms. The first-order valence-corrected chi connectivity index (χ1v) is 6.12. The molecular weight excluding hydrogens is 256 g/mol. The summed E-state index contributed by atoms with van der Waals surface area (Å²) >= 11 is 6.16. The van der Waals surface area contributed by atoms with Gasteiger partial charge in [-0.1, -0.05) is 11.6 Å². The van der Waals surface area contributed by atoms with Crippen LogP contribution in [0.5, 0.6) is 0 Å². The molecule has 0 N–H and O–H groups in total. The molecule has 5 nitrogen and oxygen atoms in total. The summed E-state index contributed by atoms with van der Waals surface area (Å²) < 4.78 is 6.58. The van der Waals surface area contributed by atoms with E-state index < -0.39 is 11.4 Å². The van der Waals surface area contributed by atoms with Crippen LogP contribution in [0.1, 0.15) is 24.7 Å². The molecule has 0 aromatic carbocycles. The lowest BCUT2D eigenvalue weighted by Crippen LogP contribution is -2.37. The maximum absolute atomic E-state index is 11.9. The van der Waals surface area contributed by atoms with E-state index in [4.69, 9.17) is 16.3 Å². The third-order valence-corrected chi connectivity index (χ3v) is 4.05. The number of carbonyl (C=O) groups excluding carboxylic acids is 2. The summed E-state index contributed by atoms with van der Waals surface area (Å²) in [5, 5.41) is 4.70. The van der Waals surface area contributed by atoms with E-state index in [1.165, 1.54) is 6.92 Å². The number of hydrogen-bond donors (Lipinski definition) is 0. The molecule has 0 saturated carbocycles. The number of hydrogen-bond acceptors (Lipinski definition) is 4. The number of ether oxygens (including phenoxy) is 1. The summed E-state index contributed by atoms with van der Waals surface area (Å²) in [5.74, 6) is -0.634. The maximum atomic E-state index is 11.9. The predicted octanol–water partition coefficient (Wildman–Crippen LogP) is 1.45. The Hall–Kier alpha value is -1.36. The van der Waals surface area contributed by atoms with Gasteiger partial charge in [0, 0.05) is 19.9 Å². The van der Waals surface area contributed by atoms with E-state index in [1.54, 1.807) is 18.7 Å². The van der Waals surface area contributed by atoms with Gasteiger partial charge in [0.25, 0.3) is 0 Å². The molecule has 0 aliphatic carbocycles. The second kappa shape index (κ2) is 4.39. The van der Waals surface area contributed by atoms with E-state index in [0.717, 1.165) is 0 Å². The third-order valence-electron chi connectivity index (χ3n) is 3.56. The first kappa shape index (κ1) is 13.1. The number of aromatic nitrogens is 2. The number of nitrogens with zero attached hydrogens (tertiary/aromatic N) is 2. The molecule has 1 aliphatic heterocycles. The molecule has 0 spiro atoms. The molecule has 1 aromatic heterocycles. The monoisotopic (exact) mass is 270 g/mol. The normalized spacial score (nSPS) is 23.2. The van der Waals surface area contributed by atoms with Crippen LogP contribution in [0.3, 0.4) is 0 Å². The Bertz CT molecular complexity index is 524. The van der Waals surface area contributed by atoms with Gasteiger partial charge in [0.2, 0.25) is 0 Å². The standard InChI is InChI=1S/C12H15ClN2O3/c1-7-10(13)9(15(3)14-7)6-12(8(2)16)4-5-18-11(12)17/h4-6H2,1-3H3. The molecule has 1 saturated heterocycles. The van der Waals surface area contributed by atoms with Gasteiger partial charge in [-0.05, 0) is 13.8 Å². The lowest BCUT2D eigenvalue weighted by molar-refractivity contribution is -0.150. The highest BCUT2D eigenvalue weighted by Crippen LogP contribution is 2.37. The smallest absolute Gasteiger partial charge is 0.320 e. The minimum atomic E-state index is -1.09. The number of esters is 1. The molecular formula is C12H15ClN2O3. The van der Waals surface area contributed by atoms with Crippen molar-refractivity contribution in [3.63, 3.8) is 0 Å². The van der Waals surface area contributed by atoms with Gasteiger partial charge in [-0.25, -0.2) is 0 Å². The fourth-order valence-corrected chi connectivity index (χ4v) is 2.55. The van der Waals surface area contributed by atoms with E-state index >= 15 is 0 Å². The van der Waals surface area contributed by atoms with Gasteiger partial charge in [-0.2, -0.15) is 5.10 Å². The summed E-state index contributed by atoms with van der Waals surface area (Å²) in [7, 11) is 1.75. The summed E-state index contributed by atoms with van der Waals surface area (Å²) in [6.07, 6.45) is 0.652. The van der Waals surface area contributed by atoms with E-state index in [-0.39, 0.29) is 18.8 Å². The Morgan fingerprint density at radius 3 is 2.67 bits per heavy atom. The van der Waals surface area contributed by atoms with E-state index in [1.807, 2.05) is 0 Å². The molecule has 6 heteroatoms. The molecule has 0 amide bonds. The van der Waals surface area contributed by atoms with Crippen molar-refractivity contribution in [1.29, 1.82) is 0 Å². The zero-order valence-electron chi connectivity index (χ0n) is 10.6. The molecule has 2 rings (SSSR count). The number of aryl methyl sites for hydroxylation is 2. The van der Waals surface area contributed by atoms with Gasteiger partial charge in [-0.3, -0.25) is 14.3 Å². The van der Waals surface area contributed by atoms with Crippen molar-refractivity contribution in [1.82, 2.24) is 9.78 Å². The summed E-state index contributed by atoms with van der Waals surface area (Å²) in [6.45, 7) is 3.50. The Labute approximate surface area is 110 Å². The molecule has 1 aliphatic rings. The van der Waals surface area contributed by atoms with Crippen molar-refractivity contribution in [2.45, 2.75) is 26.7 Å². The average Bonchev–Trinajstić information content (AvgIpc) is 2.76. The summed E-state index contributed by atoms with van der Waals surface area (Å²) in [6, 6.07) is 0. The molecule has 18 heavy (non-hydrogen) atoms. The Kier molecular flexibility index (Phi) is 3.19. The van der Waals surface area contributed by atoms with Gasteiger partial charge in [0.15, 0.2) is 0 Å². The van der Waals surface area contributed by atoms with E-state index in [2.05, 4.69) is 5.10 Å². The van der Waals surface area contributed by atoms with Gasteiger partial charge in [0.05, 0.1) is 23.0 Å². The van der Waals surface area contributed by atoms with Crippen LogP contribution >= 0.6 is 11.6 Å². The number of carbonyl (C=O) groups is 2. The number of rotatable bonds is 3. The van der Waals surface area contributed by atoms with Crippen LogP contribution in [0, 0.1) is 12.3 Å². The molecule has 1 atom stereocenters. The first-order chi connectivity index (χ1) is 8.38. The highest BCUT2D eigenvalue weighted by molar-refractivity contribution is 6.32. The van der Waals surface area contributed by atoms with Crippen LogP contribution in [0.15, 0.2) is 0 Å². The molecule has 0 radical (unpaired) electrons. The largest absolute Gasteiger partial charge is 0.465 e. The van der Waals surface area contributed by atoms with Gasteiger partial charge in [0.1, 0.15) is 11.2 Å². The van der Waals surface area contributed by atoms with Crippen LogP contribution < -0.4 is 0 Å². The highest BCUT2D eigenvalue weighted by atomic mass is 35.5. The predicted molar refractivity (Wildman–Crippen MR) is 65.3 cm³/mol. The van der Waals surface area contributed by atoms with Crippen LogP contribution in [-0.4, -0.2) is 28.1 Å². The van der Waals surface area contributed by atoms with Gasteiger partial charge >= 0.3 is 5.97 Å². The minimum Gasteiger partial charge on any atom is -0.465 e. The first-order valence-electron chi connectivity index (χ1n) is 5.75. The molecule has 1 fully saturated rings. The maximum Gasteiger partial charge on any atom is 0.320 e. The molecule has 2 heterocycles. The SMILES string of the molecule is CC(=O)C1(Cc2c(Cl)c(C)nn2C)CCOC1=O. The van der Waals surface area contributed by atoms with Crippen molar-refractivity contribution in [2.24, 2.45) is 12.5 Å². The second-order valence-corrected chi connectivity index (χ2v) is 5.05. The molecule has 1 unspecified atom stereocenters. The van der Waals surface area contributed by atoms with E-state index in [0.29, 0.717) is 22.8 Å². The van der Waals surface area contributed by atoms with Crippen LogP contribution in [0.4, 0.5) is 0 Å². The molecule has 98 valence electrons. The third kappa shape index (κ3) is 1.82. The van der Waals surface area contributed by atoms with Crippen molar-refractivity contribution in [3.05, 3.63) is 16.4 Å². The summed E-state index contributed by atoms with van der Waals surface area (Å²) in [5.41, 5.74) is 0.298. The van der Waals surface area contributed by atoms with Crippen LogP contribution in [0.25, 0.3) is 0 Å². The Morgan fingerprint density at radius 1 is 1.61 bits per heavy atom. The molecule has 1 aromatic rings. The van der Waals surface area contributed by atoms with E-state index in [9.17, 15) is 9.59 Å². The average molecular weight is 271 g/mol. The lowest BCUT2D eigenvalue weighted by atomic mass is 9.78. The van der Waals surface area contributed by atoms with Crippen molar-refractivity contribution >= 4 is 23.4 Å². The van der Waals surface area contributed by atoms with Crippen LogP contribution in [0.2, 0.25) is 5.02 Å². The van der Waals surface area contributed by atoms with Gasteiger partial charge < -0.3 is 4.74 Å². The zero-order valence-corrected chi connectivity index (χ0v) is 11.4. The summed E-state index contributed by atoms with van der Waals surface area (Å²) in [4.78, 5) is 23.7. The highest BCUT2D eigenvalue weighted by Gasteiger charge is 2.49. The minimum absolute atomic E-state index is 0.181. The lowest BCUT2D eigenvalue weighted by Gasteiger charge is -2.21. The number of Topliss-reactive ketones (excluding diaryl/α,β-unsaturated/α-hetero) is 1. The fraction of sp³-hybridized carbons (Fsp3) is 0.583. The Morgan fingerprint density at radius 2 is 2.28 bits per heavy atom. The zero-order chi connectivity index (χ0) is 13.5. The fourth-order valence-electron chi connectivity index (χ4n) is 2.32. The number of cyclic esters (lactones) is 1. The quantitative estimate of drug-likeness (QED) is 0.616.